The summed E-state index contributed by atoms with van der Waals surface area (Å²) in [6.07, 6.45) is 2.68. The summed E-state index contributed by atoms with van der Waals surface area (Å²) < 4.78 is 5.61. The van der Waals surface area contributed by atoms with E-state index in [9.17, 15) is 0 Å². The molecule has 2 N–H and O–H groups in total. The van der Waals surface area contributed by atoms with Gasteiger partial charge in [-0.25, -0.2) is 0 Å². The van der Waals surface area contributed by atoms with Crippen LogP contribution >= 0.6 is 0 Å². The number of likely N-dealkylation sites (N-methyl/N-ethyl adjacent to an activating group) is 2. The molecule has 2 aliphatic rings. The van der Waals surface area contributed by atoms with Crippen LogP contribution in [-0.2, 0) is 4.74 Å². The quantitative estimate of drug-likeness (QED) is 0.542. The Hall–Kier alpha value is -0.850. The normalized spacial score (nSPS) is 29.6. The number of aliphatic imine (C=N–C) groups is 1. The van der Waals surface area contributed by atoms with Gasteiger partial charge < -0.3 is 20.3 Å². The van der Waals surface area contributed by atoms with Crippen molar-refractivity contribution in [3.63, 3.8) is 0 Å². The summed E-state index contributed by atoms with van der Waals surface area (Å²) in [6.45, 7) is 6.06. The van der Waals surface area contributed by atoms with E-state index in [1.54, 1.807) is 0 Å². The van der Waals surface area contributed by atoms with Crippen molar-refractivity contribution in [2.45, 2.75) is 25.0 Å². The number of nitrogens with zero attached hydrogens (tertiary/aromatic N) is 3. The van der Waals surface area contributed by atoms with Gasteiger partial charge in [0.2, 0.25) is 0 Å². The maximum atomic E-state index is 5.61. The third-order valence-corrected chi connectivity index (χ3v) is 4.23. The van der Waals surface area contributed by atoms with Crippen LogP contribution in [0, 0.1) is 0 Å². The smallest absolute Gasteiger partial charge is 0.191 e. The molecule has 2 aliphatic heterocycles. The summed E-state index contributed by atoms with van der Waals surface area (Å²) in [5, 5.41) is 6.79. The molecule has 0 amide bonds. The van der Waals surface area contributed by atoms with Crippen LogP contribution in [0.5, 0.6) is 0 Å². The second-order valence-electron chi connectivity index (χ2n) is 5.87. The number of ether oxygens (including phenoxy) is 1. The molecule has 20 heavy (non-hydrogen) atoms. The molecular weight excluding hydrogens is 254 g/mol. The lowest BCUT2D eigenvalue weighted by atomic mass is 10.2. The zero-order valence-corrected chi connectivity index (χ0v) is 13.1. The summed E-state index contributed by atoms with van der Waals surface area (Å²) in [5.74, 6) is 0.877. The Labute approximate surface area is 122 Å². The molecule has 6 heteroatoms. The summed E-state index contributed by atoms with van der Waals surface area (Å²) in [5.41, 5.74) is 0. The van der Waals surface area contributed by atoms with E-state index >= 15 is 0 Å². The molecule has 0 aromatic heterocycles. The number of piperazine rings is 1. The molecule has 0 radical (unpaired) electrons. The highest BCUT2D eigenvalue weighted by Crippen LogP contribution is 2.10. The Balaban J connectivity index is 1.69. The minimum absolute atomic E-state index is 0.344. The average molecular weight is 283 g/mol. The van der Waals surface area contributed by atoms with Crippen LogP contribution in [0.1, 0.15) is 12.8 Å². The molecule has 2 rings (SSSR count). The standard InChI is InChI=1S/C14H29N5O/c1-15-14(17-10-13-5-4-8-20-13)16-9-12-11-18(2)6-7-19(12)3/h12-13H,4-11H2,1-3H3,(H2,15,16,17). The Bertz CT molecular complexity index is 317. The van der Waals surface area contributed by atoms with Gasteiger partial charge in [-0.05, 0) is 26.9 Å². The maximum Gasteiger partial charge on any atom is 0.191 e. The lowest BCUT2D eigenvalue weighted by molar-refractivity contribution is 0.112. The topological polar surface area (TPSA) is 52.1 Å². The van der Waals surface area contributed by atoms with Crippen LogP contribution in [0.15, 0.2) is 4.99 Å². The predicted molar refractivity (Wildman–Crippen MR) is 82.3 cm³/mol. The van der Waals surface area contributed by atoms with Crippen LogP contribution in [-0.4, -0.2) is 88.4 Å². The van der Waals surface area contributed by atoms with Gasteiger partial charge in [0.25, 0.3) is 0 Å². The third kappa shape index (κ3) is 4.61. The molecule has 0 aliphatic carbocycles. The molecular formula is C14H29N5O. The predicted octanol–water partition coefficient (Wildman–Crippen LogP) is -0.424. The Morgan fingerprint density at radius 2 is 2.05 bits per heavy atom. The molecule has 0 aromatic carbocycles. The SMILES string of the molecule is CN=C(NCC1CCCO1)NCC1CN(C)CCN1C. The van der Waals surface area contributed by atoms with E-state index in [0.717, 1.165) is 51.7 Å². The van der Waals surface area contributed by atoms with E-state index in [0.29, 0.717) is 12.1 Å². The molecule has 2 unspecified atom stereocenters. The highest BCUT2D eigenvalue weighted by molar-refractivity contribution is 5.79. The van der Waals surface area contributed by atoms with Gasteiger partial charge in [-0.2, -0.15) is 0 Å². The third-order valence-electron chi connectivity index (χ3n) is 4.23. The first-order chi connectivity index (χ1) is 9.69. The summed E-state index contributed by atoms with van der Waals surface area (Å²) in [4.78, 5) is 9.09. The van der Waals surface area contributed by atoms with E-state index < -0.39 is 0 Å². The van der Waals surface area contributed by atoms with E-state index in [4.69, 9.17) is 4.74 Å². The largest absolute Gasteiger partial charge is 0.376 e. The Morgan fingerprint density at radius 3 is 2.75 bits per heavy atom. The van der Waals surface area contributed by atoms with E-state index in [-0.39, 0.29) is 0 Å². The fraction of sp³-hybridized carbons (Fsp3) is 0.929. The van der Waals surface area contributed by atoms with Gasteiger partial charge in [0.05, 0.1) is 6.10 Å². The fourth-order valence-electron chi connectivity index (χ4n) is 2.77. The number of hydrogen-bond acceptors (Lipinski definition) is 4. The lowest BCUT2D eigenvalue weighted by Gasteiger charge is -2.38. The second kappa shape index (κ2) is 7.81. The molecule has 2 fully saturated rings. The minimum atomic E-state index is 0.344. The first kappa shape index (κ1) is 15.5. The first-order valence-electron chi connectivity index (χ1n) is 7.64. The van der Waals surface area contributed by atoms with Crippen molar-refractivity contribution in [1.29, 1.82) is 0 Å². The van der Waals surface area contributed by atoms with Gasteiger partial charge in [0.1, 0.15) is 0 Å². The van der Waals surface area contributed by atoms with E-state index in [1.165, 1.54) is 6.42 Å². The molecule has 0 saturated carbocycles. The van der Waals surface area contributed by atoms with Crippen LogP contribution in [0.4, 0.5) is 0 Å². The highest BCUT2D eigenvalue weighted by Gasteiger charge is 2.22. The van der Waals surface area contributed by atoms with Crippen molar-refractivity contribution in [2.75, 3.05) is 60.5 Å². The van der Waals surface area contributed by atoms with Crippen molar-refractivity contribution in [3.8, 4) is 0 Å². The number of guanidine groups is 1. The number of nitrogens with one attached hydrogen (secondary N) is 2. The zero-order chi connectivity index (χ0) is 14.4. The second-order valence-corrected chi connectivity index (χ2v) is 5.87. The molecule has 0 spiro atoms. The van der Waals surface area contributed by atoms with Crippen LogP contribution < -0.4 is 10.6 Å². The maximum absolute atomic E-state index is 5.61. The Morgan fingerprint density at radius 1 is 1.25 bits per heavy atom. The van der Waals surface area contributed by atoms with Gasteiger partial charge in [-0.3, -0.25) is 9.89 Å². The van der Waals surface area contributed by atoms with Crippen molar-refractivity contribution < 1.29 is 4.74 Å². The van der Waals surface area contributed by atoms with E-state index in [2.05, 4.69) is 39.5 Å². The number of hydrogen-bond donors (Lipinski definition) is 2. The van der Waals surface area contributed by atoms with Crippen LogP contribution in [0.25, 0.3) is 0 Å². The van der Waals surface area contributed by atoms with Crippen molar-refractivity contribution >= 4 is 5.96 Å². The molecule has 2 heterocycles. The summed E-state index contributed by atoms with van der Waals surface area (Å²) in [7, 11) is 6.20. The molecule has 2 saturated heterocycles. The summed E-state index contributed by atoms with van der Waals surface area (Å²) >= 11 is 0. The van der Waals surface area contributed by atoms with Gasteiger partial charge >= 0.3 is 0 Å². The molecule has 0 bridgehead atoms. The zero-order valence-electron chi connectivity index (χ0n) is 13.1. The van der Waals surface area contributed by atoms with Crippen molar-refractivity contribution in [2.24, 2.45) is 4.99 Å². The summed E-state index contributed by atoms with van der Waals surface area (Å²) in [6, 6.07) is 0.537. The molecule has 0 aromatic rings. The minimum Gasteiger partial charge on any atom is -0.376 e. The highest BCUT2D eigenvalue weighted by atomic mass is 16.5. The van der Waals surface area contributed by atoms with Gasteiger partial charge in [0, 0.05) is 52.4 Å². The van der Waals surface area contributed by atoms with Crippen LogP contribution in [0.2, 0.25) is 0 Å². The van der Waals surface area contributed by atoms with Gasteiger partial charge in [-0.15, -0.1) is 0 Å². The average Bonchev–Trinajstić information content (AvgIpc) is 2.96. The van der Waals surface area contributed by atoms with Gasteiger partial charge in [0.15, 0.2) is 5.96 Å². The molecule has 6 nitrogen and oxygen atoms in total. The fourth-order valence-corrected chi connectivity index (χ4v) is 2.77. The van der Waals surface area contributed by atoms with E-state index in [1.807, 2.05) is 7.05 Å². The Kier molecular flexibility index (Phi) is 6.06. The van der Waals surface area contributed by atoms with Crippen molar-refractivity contribution in [3.05, 3.63) is 0 Å². The number of rotatable bonds is 4. The van der Waals surface area contributed by atoms with Gasteiger partial charge in [-0.1, -0.05) is 0 Å². The lowest BCUT2D eigenvalue weighted by Crippen LogP contribution is -2.55. The molecule has 116 valence electrons. The van der Waals surface area contributed by atoms with Crippen molar-refractivity contribution in [1.82, 2.24) is 20.4 Å². The first-order valence-corrected chi connectivity index (χ1v) is 7.64. The van der Waals surface area contributed by atoms with Crippen LogP contribution in [0.3, 0.4) is 0 Å². The molecule has 2 atom stereocenters. The monoisotopic (exact) mass is 283 g/mol.